The van der Waals surface area contributed by atoms with Crippen LogP contribution in [-0.4, -0.2) is 12.6 Å². The molecule has 24 heavy (non-hydrogen) atoms. The Kier molecular flexibility index (Phi) is 6.29. The molecule has 2 aromatic rings. The first-order valence-corrected chi connectivity index (χ1v) is 8.24. The van der Waals surface area contributed by atoms with Crippen molar-refractivity contribution >= 4 is 6.03 Å². The van der Waals surface area contributed by atoms with Gasteiger partial charge < -0.3 is 19.8 Å². The highest BCUT2D eigenvalue weighted by molar-refractivity contribution is 5.73. The lowest BCUT2D eigenvalue weighted by atomic mass is 10.2. The van der Waals surface area contributed by atoms with E-state index < -0.39 is 0 Å². The molecule has 0 spiro atoms. The summed E-state index contributed by atoms with van der Waals surface area (Å²) in [4.78, 5) is 12.0. The lowest BCUT2D eigenvalue weighted by Crippen LogP contribution is -2.34. The van der Waals surface area contributed by atoms with Gasteiger partial charge in [0.2, 0.25) is 0 Å². The standard InChI is InChI=1S/C19H26N2O3/c1-13(2)12-23-18-8-6-5-7-16(18)10-20-19(22)21-11-17-9-14(3)24-15(17)4/h5-9,13H,10-12H2,1-4H3,(H2,20,21,22). The molecule has 0 aliphatic rings. The SMILES string of the molecule is Cc1cc(CNC(=O)NCc2ccccc2OCC(C)C)c(C)o1. The Morgan fingerprint density at radius 3 is 2.42 bits per heavy atom. The van der Waals surface area contributed by atoms with Crippen molar-refractivity contribution < 1.29 is 13.9 Å². The molecule has 0 bridgehead atoms. The molecule has 5 heteroatoms. The predicted octanol–water partition coefficient (Wildman–Crippen LogP) is 3.93. The van der Waals surface area contributed by atoms with Gasteiger partial charge in [-0.15, -0.1) is 0 Å². The number of rotatable bonds is 7. The van der Waals surface area contributed by atoms with Gasteiger partial charge in [0.25, 0.3) is 0 Å². The first-order valence-electron chi connectivity index (χ1n) is 8.24. The van der Waals surface area contributed by atoms with E-state index in [4.69, 9.17) is 9.15 Å². The third kappa shape index (κ3) is 5.33. The maximum absolute atomic E-state index is 12.0. The second-order valence-corrected chi connectivity index (χ2v) is 6.29. The van der Waals surface area contributed by atoms with E-state index in [1.165, 1.54) is 0 Å². The van der Waals surface area contributed by atoms with E-state index >= 15 is 0 Å². The summed E-state index contributed by atoms with van der Waals surface area (Å²) >= 11 is 0. The van der Waals surface area contributed by atoms with Crippen LogP contribution in [0.5, 0.6) is 5.75 Å². The molecule has 0 aliphatic heterocycles. The summed E-state index contributed by atoms with van der Waals surface area (Å²) < 4.78 is 11.2. The van der Waals surface area contributed by atoms with Gasteiger partial charge in [-0.3, -0.25) is 0 Å². The molecule has 0 fully saturated rings. The zero-order valence-corrected chi connectivity index (χ0v) is 14.8. The van der Waals surface area contributed by atoms with Crippen LogP contribution in [0.2, 0.25) is 0 Å². The third-order valence-corrected chi connectivity index (χ3v) is 3.57. The number of hydrogen-bond acceptors (Lipinski definition) is 3. The Morgan fingerprint density at radius 2 is 1.79 bits per heavy atom. The molecule has 1 heterocycles. The van der Waals surface area contributed by atoms with Crippen LogP contribution >= 0.6 is 0 Å². The van der Waals surface area contributed by atoms with Crippen molar-refractivity contribution in [1.29, 1.82) is 0 Å². The molecule has 0 saturated carbocycles. The van der Waals surface area contributed by atoms with Crippen LogP contribution in [0.4, 0.5) is 4.79 Å². The number of furan rings is 1. The Bertz CT molecular complexity index is 677. The van der Waals surface area contributed by atoms with E-state index in [9.17, 15) is 4.79 Å². The zero-order valence-electron chi connectivity index (χ0n) is 14.8. The van der Waals surface area contributed by atoms with Crippen molar-refractivity contribution in [3.05, 3.63) is 53.0 Å². The molecular formula is C19H26N2O3. The maximum atomic E-state index is 12.0. The largest absolute Gasteiger partial charge is 0.493 e. The molecule has 0 saturated heterocycles. The number of carbonyl (C=O) groups is 1. The Balaban J connectivity index is 1.84. The van der Waals surface area contributed by atoms with Crippen LogP contribution in [-0.2, 0) is 13.1 Å². The van der Waals surface area contributed by atoms with E-state index in [0.717, 1.165) is 28.4 Å². The van der Waals surface area contributed by atoms with Crippen LogP contribution in [0.15, 0.2) is 34.7 Å². The number of para-hydroxylation sites is 1. The number of carbonyl (C=O) groups excluding carboxylic acids is 1. The fourth-order valence-corrected chi connectivity index (χ4v) is 2.32. The summed E-state index contributed by atoms with van der Waals surface area (Å²) in [7, 11) is 0. The summed E-state index contributed by atoms with van der Waals surface area (Å²) in [6.07, 6.45) is 0. The van der Waals surface area contributed by atoms with Gasteiger partial charge in [0.05, 0.1) is 6.61 Å². The summed E-state index contributed by atoms with van der Waals surface area (Å²) in [5.41, 5.74) is 1.95. The average molecular weight is 330 g/mol. The molecule has 1 aromatic carbocycles. The molecule has 0 unspecified atom stereocenters. The minimum absolute atomic E-state index is 0.216. The molecule has 5 nitrogen and oxygen atoms in total. The first-order chi connectivity index (χ1) is 11.5. The highest BCUT2D eigenvalue weighted by atomic mass is 16.5. The number of urea groups is 1. The summed E-state index contributed by atoms with van der Waals surface area (Å²) in [5, 5.41) is 5.71. The zero-order chi connectivity index (χ0) is 17.5. The number of nitrogens with one attached hydrogen (secondary N) is 2. The normalized spacial score (nSPS) is 10.7. The van der Waals surface area contributed by atoms with Crippen molar-refractivity contribution in [3.8, 4) is 5.75 Å². The highest BCUT2D eigenvalue weighted by Gasteiger charge is 2.08. The Hall–Kier alpha value is -2.43. The van der Waals surface area contributed by atoms with E-state index in [2.05, 4.69) is 24.5 Å². The maximum Gasteiger partial charge on any atom is 0.315 e. The minimum atomic E-state index is -0.216. The molecule has 130 valence electrons. The van der Waals surface area contributed by atoms with Crippen LogP contribution in [0, 0.1) is 19.8 Å². The second-order valence-electron chi connectivity index (χ2n) is 6.29. The molecular weight excluding hydrogens is 304 g/mol. The number of ether oxygens (including phenoxy) is 1. The fourth-order valence-electron chi connectivity index (χ4n) is 2.32. The Labute approximate surface area is 143 Å². The van der Waals surface area contributed by atoms with Gasteiger partial charge in [-0.05, 0) is 31.9 Å². The van der Waals surface area contributed by atoms with Crippen molar-refractivity contribution in [2.45, 2.75) is 40.8 Å². The predicted molar refractivity (Wildman–Crippen MR) is 94.0 cm³/mol. The van der Waals surface area contributed by atoms with Gasteiger partial charge in [0, 0.05) is 24.2 Å². The summed E-state index contributed by atoms with van der Waals surface area (Å²) in [5.74, 6) is 2.95. The van der Waals surface area contributed by atoms with E-state index in [1.54, 1.807) is 0 Å². The quantitative estimate of drug-likeness (QED) is 0.808. The highest BCUT2D eigenvalue weighted by Crippen LogP contribution is 2.18. The second kappa shape index (κ2) is 8.43. The molecule has 0 aliphatic carbocycles. The van der Waals surface area contributed by atoms with Crippen molar-refractivity contribution in [2.24, 2.45) is 5.92 Å². The average Bonchev–Trinajstić information content (AvgIpc) is 2.87. The van der Waals surface area contributed by atoms with Crippen molar-refractivity contribution in [1.82, 2.24) is 10.6 Å². The fraction of sp³-hybridized carbons (Fsp3) is 0.421. The van der Waals surface area contributed by atoms with Gasteiger partial charge in [-0.2, -0.15) is 0 Å². The monoisotopic (exact) mass is 330 g/mol. The van der Waals surface area contributed by atoms with Crippen molar-refractivity contribution in [3.63, 3.8) is 0 Å². The van der Waals surface area contributed by atoms with Gasteiger partial charge in [0.1, 0.15) is 17.3 Å². The first kappa shape index (κ1) is 17.9. The van der Waals surface area contributed by atoms with E-state index in [-0.39, 0.29) is 6.03 Å². The molecule has 2 rings (SSSR count). The molecule has 0 atom stereocenters. The Morgan fingerprint density at radius 1 is 1.12 bits per heavy atom. The van der Waals surface area contributed by atoms with E-state index in [0.29, 0.717) is 25.6 Å². The van der Waals surface area contributed by atoms with Crippen LogP contribution in [0.3, 0.4) is 0 Å². The van der Waals surface area contributed by atoms with Crippen LogP contribution in [0.25, 0.3) is 0 Å². The number of aryl methyl sites for hydroxylation is 2. The lowest BCUT2D eigenvalue weighted by molar-refractivity contribution is 0.239. The summed E-state index contributed by atoms with van der Waals surface area (Å²) in [6.45, 7) is 9.52. The number of amides is 2. The number of hydrogen-bond donors (Lipinski definition) is 2. The molecule has 2 N–H and O–H groups in total. The minimum Gasteiger partial charge on any atom is -0.493 e. The number of benzene rings is 1. The molecule has 2 amide bonds. The van der Waals surface area contributed by atoms with Crippen LogP contribution in [0.1, 0.15) is 36.5 Å². The smallest absolute Gasteiger partial charge is 0.315 e. The van der Waals surface area contributed by atoms with Gasteiger partial charge in [-0.25, -0.2) is 4.79 Å². The topological polar surface area (TPSA) is 63.5 Å². The molecule has 0 radical (unpaired) electrons. The third-order valence-electron chi connectivity index (χ3n) is 3.57. The van der Waals surface area contributed by atoms with Crippen LogP contribution < -0.4 is 15.4 Å². The van der Waals surface area contributed by atoms with Gasteiger partial charge >= 0.3 is 6.03 Å². The van der Waals surface area contributed by atoms with Gasteiger partial charge in [-0.1, -0.05) is 32.0 Å². The molecule has 1 aromatic heterocycles. The van der Waals surface area contributed by atoms with Gasteiger partial charge in [0.15, 0.2) is 0 Å². The summed E-state index contributed by atoms with van der Waals surface area (Å²) in [6, 6.07) is 9.48. The lowest BCUT2D eigenvalue weighted by Gasteiger charge is -2.14. The van der Waals surface area contributed by atoms with E-state index in [1.807, 2.05) is 44.2 Å². The van der Waals surface area contributed by atoms with Crippen molar-refractivity contribution in [2.75, 3.05) is 6.61 Å².